The van der Waals surface area contributed by atoms with E-state index < -0.39 is 0 Å². The molecule has 0 radical (unpaired) electrons. The average molecular weight is 214 g/mol. The van der Waals surface area contributed by atoms with Crippen molar-refractivity contribution in [1.82, 2.24) is 0 Å². The second-order valence-corrected chi connectivity index (χ2v) is 4.33. The summed E-state index contributed by atoms with van der Waals surface area (Å²) in [7, 11) is 0. The molecule has 1 N–H and O–H groups in total. The van der Waals surface area contributed by atoms with Gasteiger partial charge in [0, 0.05) is 5.92 Å². The SMILES string of the molecule is CCc1ccc(CC2CC=CC=C2O)cc1. The normalized spacial score (nSPS) is 19.6. The van der Waals surface area contributed by atoms with Gasteiger partial charge in [-0.1, -0.05) is 43.3 Å². The van der Waals surface area contributed by atoms with Gasteiger partial charge in [0.15, 0.2) is 0 Å². The standard InChI is InChI=1S/C15H18O/c1-2-12-7-9-13(10-8-12)11-14-5-3-4-6-15(14)16/h3-4,6-10,14,16H,2,5,11H2,1H3. The van der Waals surface area contributed by atoms with Crippen LogP contribution in [0.1, 0.15) is 24.5 Å². The van der Waals surface area contributed by atoms with Crippen LogP contribution in [0.15, 0.2) is 48.3 Å². The first kappa shape index (κ1) is 11.0. The zero-order valence-corrected chi connectivity index (χ0v) is 9.69. The maximum absolute atomic E-state index is 9.74. The van der Waals surface area contributed by atoms with Gasteiger partial charge in [-0.25, -0.2) is 0 Å². The zero-order valence-electron chi connectivity index (χ0n) is 9.69. The third-order valence-corrected chi connectivity index (χ3v) is 3.16. The molecule has 0 saturated heterocycles. The van der Waals surface area contributed by atoms with E-state index in [-0.39, 0.29) is 5.92 Å². The summed E-state index contributed by atoms with van der Waals surface area (Å²) in [6.07, 6.45) is 8.79. The van der Waals surface area contributed by atoms with Crippen molar-refractivity contribution in [3.05, 3.63) is 59.4 Å². The summed E-state index contributed by atoms with van der Waals surface area (Å²) in [6, 6.07) is 8.69. The van der Waals surface area contributed by atoms with Gasteiger partial charge in [-0.3, -0.25) is 0 Å². The topological polar surface area (TPSA) is 20.2 Å². The molecule has 0 amide bonds. The fourth-order valence-electron chi connectivity index (χ4n) is 2.05. The molecule has 1 aliphatic carbocycles. The highest BCUT2D eigenvalue weighted by Gasteiger charge is 2.14. The molecule has 0 bridgehead atoms. The molecule has 2 rings (SSSR count). The second-order valence-electron chi connectivity index (χ2n) is 4.33. The first-order chi connectivity index (χ1) is 7.79. The Kier molecular flexibility index (Phi) is 3.45. The number of allylic oxidation sites excluding steroid dienone is 4. The lowest BCUT2D eigenvalue weighted by atomic mass is 9.91. The highest BCUT2D eigenvalue weighted by molar-refractivity contribution is 5.25. The van der Waals surface area contributed by atoms with Crippen LogP contribution < -0.4 is 0 Å². The van der Waals surface area contributed by atoms with Crippen LogP contribution in [0.25, 0.3) is 0 Å². The predicted octanol–water partition coefficient (Wildman–Crippen LogP) is 3.81. The average Bonchev–Trinajstić information content (AvgIpc) is 2.33. The number of aliphatic hydroxyl groups excluding tert-OH is 1. The second kappa shape index (κ2) is 5.02. The fraction of sp³-hybridized carbons (Fsp3) is 0.333. The fourth-order valence-corrected chi connectivity index (χ4v) is 2.05. The molecule has 16 heavy (non-hydrogen) atoms. The van der Waals surface area contributed by atoms with E-state index in [1.807, 2.05) is 6.08 Å². The van der Waals surface area contributed by atoms with E-state index >= 15 is 0 Å². The molecular weight excluding hydrogens is 196 g/mol. The minimum absolute atomic E-state index is 0.262. The van der Waals surface area contributed by atoms with Crippen molar-refractivity contribution in [3.63, 3.8) is 0 Å². The molecular formula is C15H18O. The van der Waals surface area contributed by atoms with Gasteiger partial charge < -0.3 is 5.11 Å². The maximum atomic E-state index is 9.74. The van der Waals surface area contributed by atoms with Crippen molar-refractivity contribution < 1.29 is 5.11 Å². The van der Waals surface area contributed by atoms with Crippen molar-refractivity contribution >= 4 is 0 Å². The lowest BCUT2D eigenvalue weighted by Gasteiger charge is -2.17. The largest absolute Gasteiger partial charge is 0.512 e. The minimum Gasteiger partial charge on any atom is -0.512 e. The number of rotatable bonds is 3. The van der Waals surface area contributed by atoms with Gasteiger partial charge in [0.1, 0.15) is 0 Å². The summed E-state index contributed by atoms with van der Waals surface area (Å²) in [5.74, 6) is 0.777. The van der Waals surface area contributed by atoms with Gasteiger partial charge in [0.2, 0.25) is 0 Å². The summed E-state index contributed by atoms with van der Waals surface area (Å²) in [6.45, 7) is 2.16. The van der Waals surface area contributed by atoms with Crippen molar-refractivity contribution in [2.45, 2.75) is 26.2 Å². The van der Waals surface area contributed by atoms with E-state index in [0.29, 0.717) is 5.76 Å². The Morgan fingerprint density at radius 2 is 1.88 bits per heavy atom. The first-order valence-corrected chi connectivity index (χ1v) is 5.93. The molecule has 84 valence electrons. The molecule has 0 fully saturated rings. The van der Waals surface area contributed by atoms with Crippen LogP contribution >= 0.6 is 0 Å². The smallest absolute Gasteiger partial charge is 0.0959 e. The summed E-state index contributed by atoms with van der Waals surface area (Å²) in [5.41, 5.74) is 2.67. The molecule has 1 aromatic carbocycles. The Labute approximate surface area is 97.1 Å². The molecule has 0 aliphatic heterocycles. The molecule has 1 aromatic rings. The summed E-state index contributed by atoms with van der Waals surface area (Å²) in [4.78, 5) is 0. The highest BCUT2D eigenvalue weighted by atomic mass is 16.3. The Balaban J connectivity index is 2.03. The van der Waals surface area contributed by atoms with Crippen LogP contribution in [0.4, 0.5) is 0 Å². The minimum atomic E-state index is 0.262. The van der Waals surface area contributed by atoms with Crippen molar-refractivity contribution in [1.29, 1.82) is 0 Å². The highest BCUT2D eigenvalue weighted by Crippen LogP contribution is 2.22. The zero-order chi connectivity index (χ0) is 11.4. The molecule has 0 saturated carbocycles. The van der Waals surface area contributed by atoms with Crippen molar-refractivity contribution in [2.24, 2.45) is 5.92 Å². The van der Waals surface area contributed by atoms with E-state index in [0.717, 1.165) is 19.3 Å². The van der Waals surface area contributed by atoms with Crippen LogP contribution in [0.5, 0.6) is 0 Å². The summed E-state index contributed by atoms with van der Waals surface area (Å²) < 4.78 is 0. The van der Waals surface area contributed by atoms with Crippen molar-refractivity contribution in [2.75, 3.05) is 0 Å². The monoisotopic (exact) mass is 214 g/mol. The van der Waals surface area contributed by atoms with Crippen LogP contribution in [-0.4, -0.2) is 5.11 Å². The van der Waals surface area contributed by atoms with E-state index in [4.69, 9.17) is 0 Å². The number of aliphatic hydroxyl groups is 1. The molecule has 1 heteroatoms. The molecule has 1 aliphatic rings. The van der Waals surface area contributed by atoms with Crippen LogP contribution in [0, 0.1) is 5.92 Å². The molecule has 0 spiro atoms. The molecule has 1 nitrogen and oxygen atoms in total. The van der Waals surface area contributed by atoms with E-state index in [1.165, 1.54) is 11.1 Å². The maximum Gasteiger partial charge on any atom is 0.0959 e. The predicted molar refractivity (Wildman–Crippen MR) is 67.5 cm³/mol. The van der Waals surface area contributed by atoms with Gasteiger partial charge in [-0.15, -0.1) is 0 Å². The Morgan fingerprint density at radius 3 is 2.50 bits per heavy atom. The van der Waals surface area contributed by atoms with Gasteiger partial charge in [-0.05, 0) is 36.5 Å². The Hall–Kier alpha value is -1.50. The number of hydrogen-bond donors (Lipinski definition) is 1. The summed E-state index contributed by atoms with van der Waals surface area (Å²) in [5, 5.41) is 9.74. The van der Waals surface area contributed by atoms with Crippen LogP contribution in [0.2, 0.25) is 0 Å². The molecule has 0 aromatic heterocycles. The van der Waals surface area contributed by atoms with Crippen LogP contribution in [0.3, 0.4) is 0 Å². The lowest BCUT2D eigenvalue weighted by molar-refractivity contribution is 0.325. The number of benzene rings is 1. The van der Waals surface area contributed by atoms with Crippen LogP contribution in [-0.2, 0) is 12.8 Å². The van der Waals surface area contributed by atoms with E-state index in [1.54, 1.807) is 6.08 Å². The van der Waals surface area contributed by atoms with Gasteiger partial charge >= 0.3 is 0 Å². The quantitative estimate of drug-likeness (QED) is 0.811. The lowest BCUT2D eigenvalue weighted by Crippen LogP contribution is -2.09. The Bertz CT molecular complexity index is 398. The van der Waals surface area contributed by atoms with Gasteiger partial charge in [-0.2, -0.15) is 0 Å². The number of aryl methyl sites for hydroxylation is 1. The van der Waals surface area contributed by atoms with Gasteiger partial charge in [0.05, 0.1) is 5.76 Å². The van der Waals surface area contributed by atoms with Crippen molar-refractivity contribution in [3.8, 4) is 0 Å². The third-order valence-electron chi connectivity index (χ3n) is 3.16. The molecule has 1 atom stereocenters. The molecule has 0 heterocycles. The van der Waals surface area contributed by atoms with E-state index in [2.05, 4.69) is 37.3 Å². The third kappa shape index (κ3) is 2.54. The summed E-state index contributed by atoms with van der Waals surface area (Å²) >= 11 is 0. The number of hydrogen-bond acceptors (Lipinski definition) is 1. The molecule has 1 unspecified atom stereocenters. The first-order valence-electron chi connectivity index (χ1n) is 5.93. The van der Waals surface area contributed by atoms with Gasteiger partial charge in [0.25, 0.3) is 0 Å². The Morgan fingerprint density at radius 1 is 1.19 bits per heavy atom. The van der Waals surface area contributed by atoms with E-state index in [9.17, 15) is 5.11 Å².